The zero-order valence-electron chi connectivity index (χ0n) is 15.1. The first-order chi connectivity index (χ1) is 13.1. The summed E-state index contributed by atoms with van der Waals surface area (Å²) in [6.45, 7) is 5.61. The van der Waals surface area contributed by atoms with E-state index in [1.54, 1.807) is 24.3 Å². The number of aryl methyl sites for hydroxylation is 1. The Labute approximate surface area is 163 Å². The van der Waals surface area contributed by atoms with Gasteiger partial charge in [-0.2, -0.15) is 4.99 Å². The van der Waals surface area contributed by atoms with Crippen LogP contribution < -0.4 is 4.90 Å². The molecule has 4 rings (SSSR count). The lowest BCUT2D eigenvalue weighted by atomic mass is 10.2. The van der Waals surface area contributed by atoms with E-state index >= 15 is 0 Å². The first kappa shape index (κ1) is 17.7. The minimum Gasteiger partial charge on any atom is -0.508 e. The highest BCUT2D eigenvalue weighted by Gasteiger charge is 2.28. The summed E-state index contributed by atoms with van der Waals surface area (Å²) in [6.07, 6.45) is 1.82. The van der Waals surface area contributed by atoms with E-state index < -0.39 is 0 Å². The van der Waals surface area contributed by atoms with Gasteiger partial charge in [0.2, 0.25) is 0 Å². The summed E-state index contributed by atoms with van der Waals surface area (Å²) in [6, 6.07) is 15.4. The second-order valence-electron chi connectivity index (χ2n) is 6.71. The molecule has 1 N–H and O–H groups in total. The van der Waals surface area contributed by atoms with Gasteiger partial charge >= 0.3 is 0 Å². The van der Waals surface area contributed by atoms with Gasteiger partial charge in [-0.05, 0) is 54.6 Å². The number of hydrogen-bond donors (Lipinski definition) is 1. The minimum atomic E-state index is -0.191. The molecule has 2 aromatic rings. The Bertz CT molecular complexity index is 896. The predicted molar refractivity (Wildman–Crippen MR) is 111 cm³/mol. The van der Waals surface area contributed by atoms with Gasteiger partial charge in [-0.1, -0.05) is 29.8 Å². The highest BCUT2D eigenvalue weighted by molar-refractivity contribution is 8.18. The number of anilines is 1. The lowest BCUT2D eigenvalue weighted by Crippen LogP contribution is -2.47. The summed E-state index contributed by atoms with van der Waals surface area (Å²) in [5.74, 6) is 0.0231. The second kappa shape index (κ2) is 7.48. The van der Waals surface area contributed by atoms with Crippen molar-refractivity contribution in [3.8, 4) is 5.75 Å². The third-order valence-electron chi connectivity index (χ3n) is 4.75. The molecule has 5 nitrogen and oxygen atoms in total. The second-order valence-corrected chi connectivity index (χ2v) is 7.72. The molecule has 27 heavy (non-hydrogen) atoms. The number of thioether (sulfide) groups is 1. The van der Waals surface area contributed by atoms with E-state index in [1.165, 1.54) is 23.0 Å². The number of benzene rings is 2. The van der Waals surface area contributed by atoms with Crippen molar-refractivity contribution in [1.82, 2.24) is 4.90 Å². The third kappa shape index (κ3) is 4.01. The monoisotopic (exact) mass is 379 g/mol. The average molecular weight is 379 g/mol. The molecule has 2 aromatic carbocycles. The number of phenolic OH excluding ortho intramolecular Hbond substituents is 1. The maximum absolute atomic E-state index is 12.3. The molecule has 0 unspecified atom stereocenters. The number of rotatable bonds is 2. The number of piperazine rings is 1. The first-order valence-corrected chi connectivity index (χ1v) is 9.78. The Balaban J connectivity index is 1.39. The lowest BCUT2D eigenvalue weighted by Gasteiger charge is -2.36. The fourth-order valence-electron chi connectivity index (χ4n) is 3.17. The van der Waals surface area contributed by atoms with E-state index in [4.69, 9.17) is 0 Å². The smallest absolute Gasteiger partial charge is 0.286 e. The van der Waals surface area contributed by atoms with Gasteiger partial charge in [0.15, 0.2) is 5.17 Å². The third-order valence-corrected chi connectivity index (χ3v) is 5.79. The van der Waals surface area contributed by atoms with Crippen LogP contribution in [0.25, 0.3) is 6.08 Å². The van der Waals surface area contributed by atoms with Gasteiger partial charge in [0.05, 0.1) is 4.91 Å². The number of aromatic hydroxyl groups is 1. The van der Waals surface area contributed by atoms with Crippen molar-refractivity contribution >= 4 is 34.6 Å². The van der Waals surface area contributed by atoms with Crippen molar-refractivity contribution in [2.75, 3.05) is 31.1 Å². The number of amides is 1. The van der Waals surface area contributed by atoms with Crippen molar-refractivity contribution in [3.05, 3.63) is 64.6 Å². The Hall–Kier alpha value is -2.73. The van der Waals surface area contributed by atoms with Crippen LogP contribution in [0.5, 0.6) is 5.75 Å². The Morgan fingerprint density at radius 2 is 1.59 bits per heavy atom. The van der Waals surface area contributed by atoms with Gasteiger partial charge in [-0.15, -0.1) is 0 Å². The summed E-state index contributed by atoms with van der Waals surface area (Å²) in [7, 11) is 0. The Kier molecular flexibility index (Phi) is 4.90. The predicted octanol–water partition coefficient (Wildman–Crippen LogP) is 3.49. The van der Waals surface area contributed by atoms with Crippen molar-refractivity contribution in [3.63, 3.8) is 0 Å². The molecule has 2 heterocycles. The van der Waals surface area contributed by atoms with E-state index in [-0.39, 0.29) is 11.7 Å². The van der Waals surface area contributed by atoms with E-state index in [1.807, 2.05) is 6.08 Å². The molecule has 0 spiro atoms. The number of phenols is 1. The normalized spacial score (nSPS) is 18.9. The SMILES string of the molecule is Cc1ccc(N2CCN(C3=NC(=O)/C(=C/c4ccc(O)cc4)S3)CC2)cc1. The van der Waals surface area contributed by atoms with Gasteiger partial charge in [-0.3, -0.25) is 4.79 Å². The molecule has 1 saturated heterocycles. The molecule has 1 fully saturated rings. The van der Waals surface area contributed by atoms with Crippen LogP contribution in [0.3, 0.4) is 0 Å². The number of carbonyl (C=O) groups excluding carboxylic acids is 1. The molecule has 138 valence electrons. The number of hydrogen-bond acceptors (Lipinski definition) is 5. The van der Waals surface area contributed by atoms with Crippen LogP contribution in [0.1, 0.15) is 11.1 Å². The van der Waals surface area contributed by atoms with Crippen LogP contribution in [-0.4, -0.2) is 47.3 Å². The zero-order chi connectivity index (χ0) is 18.8. The number of amidine groups is 1. The molecule has 0 atom stereocenters. The van der Waals surface area contributed by atoms with Crippen LogP contribution in [0.15, 0.2) is 58.4 Å². The molecule has 0 bridgehead atoms. The summed E-state index contributed by atoms with van der Waals surface area (Å²) in [4.78, 5) is 21.7. The molecule has 2 aliphatic rings. The number of carbonyl (C=O) groups is 1. The summed E-state index contributed by atoms with van der Waals surface area (Å²) < 4.78 is 0. The van der Waals surface area contributed by atoms with Crippen molar-refractivity contribution in [2.24, 2.45) is 4.99 Å². The van der Waals surface area contributed by atoms with Gasteiger partial charge < -0.3 is 14.9 Å². The van der Waals surface area contributed by atoms with Gasteiger partial charge in [0, 0.05) is 31.9 Å². The molecule has 0 radical (unpaired) electrons. The van der Waals surface area contributed by atoms with Gasteiger partial charge in [0.25, 0.3) is 5.91 Å². The standard InChI is InChI=1S/C21H21N3O2S/c1-15-2-6-17(7-3-15)23-10-12-24(13-11-23)21-22-20(26)19(27-21)14-16-4-8-18(25)9-5-16/h2-9,14,25H,10-13H2,1H3/b19-14-. The average Bonchev–Trinajstić information content (AvgIpc) is 3.05. The highest BCUT2D eigenvalue weighted by atomic mass is 32.2. The van der Waals surface area contributed by atoms with Crippen molar-refractivity contribution in [1.29, 1.82) is 0 Å². The van der Waals surface area contributed by atoms with E-state index in [0.29, 0.717) is 4.91 Å². The molecule has 0 aromatic heterocycles. The maximum Gasteiger partial charge on any atom is 0.286 e. The molecule has 1 amide bonds. The first-order valence-electron chi connectivity index (χ1n) is 8.97. The maximum atomic E-state index is 12.3. The molecule has 0 aliphatic carbocycles. The Morgan fingerprint density at radius 1 is 0.963 bits per heavy atom. The molecule has 6 heteroatoms. The van der Waals surface area contributed by atoms with Crippen molar-refractivity contribution < 1.29 is 9.90 Å². The van der Waals surface area contributed by atoms with Crippen LogP contribution in [-0.2, 0) is 4.79 Å². The minimum absolute atomic E-state index is 0.191. The van der Waals surface area contributed by atoms with Crippen LogP contribution in [0.4, 0.5) is 5.69 Å². The van der Waals surface area contributed by atoms with Crippen LogP contribution in [0.2, 0.25) is 0 Å². The van der Waals surface area contributed by atoms with Gasteiger partial charge in [-0.25, -0.2) is 0 Å². The highest BCUT2D eigenvalue weighted by Crippen LogP contribution is 2.31. The van der Waals surface area contributed by atoms with Crippen LogP contribution in [0, 0.1) is 6.92 Å². The Morgan fingerprint density at radius 3 is 2.26 bits per heavy atom. The topological polar surface area (TPSA) is 56.1 Å². The molecular weight excluding hydrogens is 358 g/mol. The van der Waals surface area contributed by atoms with E-state index in [2.05, 4.69) is 46.0 Å². The summed E-state index contributed by atoms with van der Waals surface area (Å²) >= 11 is 1.43. The van der Waals surface area contributed by atoms with Crippen molar-refractivity contribution in [2.45, 2.75) is 6.92 Å². The summed E-state index contributed by atoms with van der Waals surface area (Å²) in [5.41, 5.74) is 3.38. The fraction of sp³-hybridized carbons (Fsp3) is 0.238. The molecule has 0 saturated carbocycles. The largest absolute Gasteiger partial charge is 0.508 e. The molecule has 2 aliphatic heterocycles. The number of aliphatic imine (C=N–C) groups is 1. The fourth-order valence-corrected chi connectivity index (χ4v) is 4.13. The quantitative estimate of drug-likeness (QED) is 0.810. The van der Waals surface area contributed by atoms with E-state index in [9.17, 15) is 9.90 Å². The summed E-state index contributed by atoms with van der Waals surface area (Å²) in [5, 5.41) is 10.2. The molecular formula is C21H21N3O2S. The van der Waals surface area contributed by atoms with Gasteiger partial charge in [0.1, 0.15) is 5.75 Å². The number of nitrogens with zero attached hydrogens (tertiary/aromatic N) is 3. The zero-order valence-corrected chi connectivity index (χ0v) is 15.9. The lowest BCUT2D eigenvalue weighted by molar-refractivity contribution is -0.113. The van der Waals surface area contributed by atoms with Crippen LogP contribution >= 0.6 is 11.8 Å². The van der Waals surface area contributed by atoms with E-state index in [0.717, 1.165) is 36.9 Å².